The third-order valence-electron chi connectivity index (χ3n) is 5.03. The number of hydrogen-bond donors (Lipinski definition) is 1. The molecular weight excluding hydrogens is 278 g/mol. The quantitative estimate of drug-likeness (QED) is 0.895. The third kappa shape index (κ3) is 3.62. The summed E-state index contributed by atoms with van der Waals surface area (Å²) in [5, 5.41) is 6.83. The molecule has 0 aromatic carbocycles. The van der Waals surface area contributed by atoms with Gasteiger partial charge in [0.1, 0.15) is 5.76 Å². The topological polar surface area (TPSA) is 58.4 Å². The maximum Gasteiger partial charge on any atom is 0.323 e. The molecule has 1 aromatic rings. The van der Waals surface area contributed by atoms with Crippen molar-refractivity contribution in [3.63, 3.8) is 0 Å². The van der Waals surface area contributed by atoms with Crippen LogP contribution in [0, 0.1) is 6.92 Å². The van der Waals surface area contributed by atoms with Gasteiger partial charge in [-0.3, -0.25) is 5.32 Å². The Balaban J connectivity index is 1.72. The van der Waals surface area contributed by atoms with Gasteiger partial charge in [-0.05, 0) is 32.6 Å². The number of nitrogens with one attached hydrogen (secondary N) is 1. The zero-order valence-electron chi connectivity index (χ0n) is 13.5. The highest BCUT2D eigenvalue weighted by Gasteiger charge is 2.32. The molecule has 2 aliphatic rings. The molecule has 1 aromatic heterocycles. The molecule has 0 radical (unpaired) electrons. The first-order chi connectivity index (χ1) is 10.7. The number of nitrogens with zero attached hydrogens (tertiary/aromatic N) is 2. The molecule has 0 bridgehead atoms. The van der Waals surface area contributed by atoms with E-state index in [0.717, 1.165) is 31.4 Å². The molecule has 1 heterocycles. The van der Waals surface area contributed by atoms with Crippen LogP contribution in [0.25, 0.3) is 0 Å². The summed E-state index contributed by atoms with van der Waals surface area (Å²) in [4.78, 5) is 15.0. The molecule has 2 aliphatic carbocycles. The largest absolute Gasteiger partial charge is 0.360 e. The van der Waals surface area contributed by atoms with Crippen molar-refractivity contribution >= 4 is 11.8 Å². The predicted molar refractivity (Wildman–Crippen MR) is 85.8 cm³/mol. The maximum absolute atomic E-state index is 12.9. The fourth-order valence-corrected chi connectivity index (χ4v) is 3.95. The molecule has 2 fully saturated rings. The van der Waals surface area contributed by atoms with Crippen LogP contribution in [0.1, 0.15) is 70.0 Å². The minimum atomic E-state index is 0.00657. The second-order valence-corrected chi connectivity index (χ2v) is 6.74. The van der Waals surface area contributed by atoms with Crippen molar-refractivity contribution < 1.29 is 9.32 Å². The smallest absolute Gasteiger partial charge is 0.323 e. The van der Waals surface area contributed by atoms with Crippen LogP contribution in [0.4, 0.5) is 10.6 Å². The average Bonchev–Trinajstić information content (AvgIpc) is 2.95. The summed E-state index contributed by atoms with van der Waals surface area (Å²) in [5.74, 6) is 1.25. The van der Waals surface area contributed by atoms with Crippen LogP contribution in [-0.2, 0) is 0 Å². The van der Waals surface area contributed by atoms with Gasteiger partial charge in [0.05, 0.1) is 0 Å². The van der Waals surface area contributed by atoms with Gasteiger partial charge in [-0.15, -0.1) is 0 Å². The highest BCUT2D eigenvalue weighted by molar-refractivity contribution is 5.88. The zero-order chi connectivity index (χ0) is 15.4. The lowest BCUT2D eigenvalue weighted by Crippen LogP contribution is -2.50. The monoisotopic (exact) mass is 305 g/mol. The first-order valence-corrected chi connectivity index (χ1v) is 8.76. The van der Waals surface area contributed by atoms with Crippen molar-refractivity contribution in [2.75, 3.05) is 5.32 Å². The van der Waals surface area contributed by atoms with E-state index in [1.807, 2.05) is 6.92 Å². The third-order valence-corrected chi connectivity index (χ3v) is 5.03. The Morgan fingerprint density at radius 1 is 1.09 bits per heavy atom. The minimum absolute atomic E-state index is 0.00657. The lowest BCUT2D eigenvalue weighted by atomic mass is 9.89. The number of aryl methyl sites for hydroxylation is 1. The summed E-state index contributed by atoms with van der Waals surface area (Å²) in [6.45, 7) is 1.84. The summed E-state index contributed by atoms with van der Waals surface area (Å²) in [6.07, 6.45) is 12.1. The SMILES string of the molecule is Cc1cc(NC(=O)N(C2CCCCC2)C2CCCCC2)no1. The number of aromatic nitrogens is 1. The average molecular weight is 305 g/mol. The predicted octanol–water partition coefficient (Wildman–Crippen LogP) is 4.48. The summed E-state index contributed by atoms with van der Waals surface area (Å²) in [7, 11) is 0. The lowest BCUT2D eigenvalue weighted by Gasteiger charge is -2.41. The number of carbonyl (C=O) groups excluding carboxylic acids is 1. The molecule has 1 N–H and O–H groups in total. The summed E-state index contributed by atoms with van der Waals surface area (Å²) in [5.41, 5.74) is 0. The number of carbonyl (C=O) groups is 1. The van der Waals surface area contributed by atoms with Crippen molar-refractivity contribution in [3.05, 3.63) is 11.8 Å². The lowest BCUT2D eigenvalue weighted by molar-refractivity contribution is 0.114. The molecular formula is C17H27N3O2. The fraction of sp³-hybridized carbons (Fsp3) is 0.765. The molecule has 3 rings (SSSR count). The molecule has 5 nitrogen and oxygen atoms in total. The highest BCUT2D eigenvalue weighted by atomic mass is 16.5. The number of hydrogen-bond acceptors (Lipinski definition) is 3. The molecule has 2 amide bonds. The Morgan fingerprint density at radius 3 is 2.09 bits per heavy atom. The van der Waals surface area contributed by atoms with Crippen molar-refractivity contribution in [2.45, 2.75) is 83.2 Å². The van der Waals surface area contributed by atoms with Crippen LogP contribution >= 0.6 is 0 Å². The standard InChI is InChI=1S/C17H27N3O2/c1-13-12-16(19-22-13)18-17(21)20(14-8-4-2-5-9-14)15-10-6-3-7-11-15/h12,14-15H,2-11H2,1H3,(H,18,19,21). The number of rotatable bonds is 3. The van der Waals surface area contributed by atoms with Crippen molar-refractivity contribution in [3.8, 4) is 0 Å². The molecule has 122 valence electrons. The van der Waals surface area contributed by atoms with Gasteiger partial charge in [0.25, 0.3) is 0 Å². The van der Waals surface area contributed by atoms with Gasteiger partial charge < -0.3 is 9.42 Å². The molecule has 0 aliphatic heterocycles. The van der Waals surface area contributed by atoms with Gasteiger partial charge in [-0.25, -0.2) is 4.79 Å². The molecule has 0 atom stereocenters. The van der Waals surface area contributed by atoms with Gasteiger partial charge in [0.2, 0.25) is 0 Å². The normalized spacial score (nSPS) is 20.8. The Morgan fingerprint density at radius 2 is 1.64 bits per heavy atom. The molecule has 0 unspecified atom stereocenters. The summed E-state index contributed by atoms with van der Waals surface area (Å²) < 4.78 is 5.05. The van der Waals surface area contributed by atoms with Crippen LogP contribution in [-0.4, -0.2) is 28.2 Å². The summed E-state index contributed by atoms with van der Waals surface area (Å²) in [6, 6.07) is 2.57. The van der Waals surface area contributed by atoms with Crippen molar-refractivity contribution in [1.82, 2.24) is 10.1 Å². The Labute approximate surface area is 132 Å². The molecule has 2 saturated carbocycles. The number of amides is 2. The first-order valence-electron chi connectivity index (χ1n) is 8.76. The second kappa shape index (κ2) is 7.16. The van der Waals surface area contributed by atoms with Crippen LogP contribution in [0.5, 0.6) is 0 Å². The Kier molecular flexibility index (Phi) is 5.01. The number of urea groups is 1. The van der Waals surface area contributed by atoms with E-state index in [9.17, 15) is 4.79 Å². The van der Waals surface area contributed by atoms with E-state index in [0.29, 0.717) is 17.9 Å². The molecule has 5 heteroatoms. The van der Waals surface area contributed by atoms with Crippen LogP contribution in [0.2, 0.25) is 0 Å². The Bertz CT molecular complexity index is 470. The van der Waals surface area contributed by atoms with E-state index >= 15 is 0 Å². The first kappa shape index (κ1) is 15.4. The van der Waals surface area contributed by atoms with Crippen LogP contribution in [0.15, 0.2) is 10.6 Å². The van der Waals surface area contributed by atoms with Gasteiger partial charge >= 0.3 is 6.03 Å². The van der Waals surface area contributed by atoms with Crippen LogP contribution in [0.3, 0.4) is 0 Å². The fourth-order valence-electron chi connectivity index (χ4n) is 3.95. The highest BCUT2D eigenvalue weighted by Crippen LogP contribution is 2.30. The van der Waals surface area contributed by atoms with Crippen molar-refractivity contribution in [1.29, 1.82) is 0 Å². The molecule has 0 saturated heterocycles. The van der Waals surface area contributed by atoms with Gasteiger partial charge in [-0.1, -0.05) is 43.7 Å². The maximum atomic E-state index is 12.9. The molecule has 22 heavy (non-hydrogen) atoms. The van der Waals surface area contributed by atoms with Crippen LogP contribution < -0.4 is 5.32 Å². The van der Waals surface area contributed by atoms with Gasteiger partial charge in [0.15, 0.2) is 5.82 Å². The minimum Gasteiger partial charge on any atom is -0.360 e. The zero-order valence-corrected chi connectivity index (χ0v) is 13.5. The van der Waals surface area contributed by atoms with Gasteiger partial charge in [0, 0.05) is 18.2 Å². The Hall–Kier alpha value is -1.52. The van der Waals surface area contributed by atoms with E-state index in [4.69, 9.17) is 4.52 Å². The number of anilines is 1. The molecule has 0 spiro atoms. The van der Waals surface area contributed by atoms with Gasteiger partial charge in [-0.2, -0.15) is 0 Å². The van der Waals surface area contributed by atoms with E-state index < -0.39 is 0 Å². The second-order valence-electron chi connectivity index (χ2n) is 6.74. The van der Waals surface area contributed by atoms with E-state index in [-0.39, 0.29) is 6.03 Å². The van der Waals surface area contributed by atoms with E-state index in [1.165, 1.54) is 38.5 Å². The van der Waals surface area contributed by atoms with E-state index in [1.54, 1.807) is 6.07 Å². The van der Waals surface area contributed by atoms with Crippen molar-refractivity contribution in [2.24, 2.45) is 0 Å². The van der Waals surface area contributed by atoms with E-state index in [2.05, 4.69) is 15.4 Å². The summed E-state index contributed by atoms with van der Waals surface area (Å²) >= 11 is 0.